The van der Waals surface area contributed by atoms with Crippen molar-refractivity contribution >= 4 is 21.6 Å². The first kappa shape index (κ1) is 18.3. The number of hydrogen-bond donors (Lipinski definition) is 2. The molecule has 1 amide bonds. The van der Waals surface area contributed by atoms with Crippen LogP contribution < -0.4 is 11.1 Å². The Morgan fingerprint density at radius 2 is 2.17 bits per heavy atom. The average Bonchev–Trinajstić information content (AvgIpc) is 2.78. The van der Waals surface area contributed by atoms with Crippen LogP contribution in [0.4, 0.5) is 0 Å². The molecular formula is C16H21N3O4S. The Morgan fingerprint density at radius 1 is 1.42 bits per heavy atom. The van der Waals surface area contributed by atoms with Crippen molar-refractivity contribution in [2.24, 2.45) is 10.1 Å². The zero-order chi connectivity index (χ0) is 17.7. The lowest BCUT2D eigenvalue weighted by atomic mass is 10.0. The minimum Gasteiger partial charge on any atom is -0.371 e. The van der Waals surface area contributed by atoms with E-state index in [4.69, 9.17) is 10.5 Å². The van der Waals surface area contributed by atoms with Crippen molar-refractivity contribution in [1.29, 1.82) is 0 Å². The number of sulfonamides is 1. The second kappa shape index (κ2) is 7.69. The number of ether oxygens (including phenoxy) is 1. The quantitative estimate of drug-likeness (QED) is 0.690. The predicted molar refractivity (Wildman–Crippen MR) is 91.5 cm³/mol. The molecule has 1 aliphatic heterocycles. The summed E-state index contributed by atoms with van der Waals surface area (Å²) in [7, 11) is -2.19. The monoisotopic (exact) mass is 351 g/mol. The number of nitrogens with zero attached hydrogens (tertiary/aromatic N) is 1. The summed E-state index contributed by atoms with van der Waals surface area (Å²) in [5.74, 6) is -0.269. The first-order chi connectivity index (χ1) is 11.4. The van der Waals surface area contributed by atoms with Crippen molar-refractivity contribution in [3.05, 3.63) is 41.5 Å². The summed E-state index contributed by atoms with van der Waals surface area (Å²) in [6.07, 6.45) is 3.06. The van der Waals surface area contributed by atoms with E-state index in [-0.39, 0.29) is 17.2 Å². The van der Waals surface area contributed by atoms with E-state index in [1.807, 2.05) is 0 Å². The number of hydrogen-bond acceptors (Lipinski definition) is 5. The van der Waals surface area contributed by atoms with Crippen LogP contribution in [0.3, 0.4) is 0 Å². The topological polar surface area (TPSA) is 111 Å². The molecule has 3 N–H and O–H groups in total. The van der Waals surface area contributed by atoms with Gasteiger partial charge in [-0.15, -0.1) is 0 Å². The van der Waals surface area contributed by atoms with Gasteiger partial charge in [0.1, 0.15) is 6.10 Å². The van der Waals surface area contributed by atoms with Crippen molar-refractivity contribution < 1.29 is 17.9 Å². The number of methoxy groups -OCH3 is 1. The summed E-state index contributed by atoms with van der Waals surface area (Å²) in [5.41, 5.74) is 7.10. The number of rotatable bonds is 7. The Morgan fingerprint density at radius 3 is 2.83 bits per heavy atom. The highest BCUT2D eigenvalue weighted by molar-refractivity contribution is 7.90. The lowest BCUT2D eigenvalue weighted by molar-refractivity contribution is -0.130. The van der Waals surface area contributed by atoms with E-state index in [1.165, 1.54) is 7.11 Å². The van der Waals surface area contributed by atoms with Crippen molar-refractivity contribution in [3.8, 4) is 0 Å². The number of amides is 1. The highest BCUT2D eigenvalue weighted by Crippen LogP contribution is 2.27. The first-order valence-electron chi connectivity index (χ1n) is 7.49. The summed E-state index contributed by atoms with van der Waals surface area (Å²) >= 11 is 0. The zero-order valence-corrected chi connectivity index (χ0v) is 14.5. The predicted octanol–water partition coefficient (Wildman–Crippen LogP) is 0.387. The van der Waals surface area contributed by atoms with Gasteiger partial charge in [-0.1, -0.05) is 24.3 Å². The molecule has 0 radical (unpaired) electrons. The Bertz CT molecular complexity index is 785. The summed E-state index contributed by atoms with van der Waals surface area (Å²) in [6, 6.07) is 5.05. The van der Waals surface area contributed by atoms with Crippen molar-refractivity contribution in [2.75, 3.05) is 20.2 Å². The van der Waals surface area contributed by atoms with Gasteiger partial charge in [-0.05, 0) is 18.6 Å². The Kier molecular flexibility index (Phi) is 5.87. The van der Waals surface area contributed by atoms with Crippen LogP contribution in [0.1, 0.15) is 18.1 Å². The molecule has 1 aromatic rings. The van der Waals surface area contributed by atoms with Gasteiger partial charge in [0.05, 0.1) is 10.6 Å². The maximum Gasteiger partial charge on any atom is 0.283 e. The van der Waals surface area contributed by atoms with E-state index in [0.29, 0.717) is 29.9 Å². The number of carbonyl (C=O) groups excluding carboxylic acids is 1. The molecule has 0 bridgehead atoms. The maximum absolute atomic E-state index is 12.1. The highest BCUT2D eigenvalue weighted by atomic mass is 32.2. The molecule has 130 valence electrons. The smallest absolute Gasteiger partial charge is 0.283 e. The lowest BCUT2D eigenvalue weighted by Crippen LogP contribution is -2.37. The maximum atomic E-state index is 12.1. The van der Waals surface area contributed by atoms with Gasteiger partial charge in [0.2, 0.25) is 5.91 Å². The zero-order valence-electron chi connectivity index (χ0n) is 13.7. The standard InChI is InChI=1S/C16H21N3O4S/c1-11-13-6-5-12(10-15(13)24(21,22)19-11)9-14(23-2)16(20)18-8-4-3-7-17/h3-6,10,14H,7-9,17H2,1-2H3,(H,18,20)/b4-3+/t14-/m0/s1. The summed E-state index contributed by atoms with van der Waals surface area (Å²) < 4.78 is 32.9. The fourth-order valence-corrected chi connectivity index (χ4v) is 3.79. The molecule has 0 saturated carbocycles. The molecule has 7 nitrogen and oxygen atoms in total. The van der Waals surface area contributed by atoms with Gasteiger partial charge in [0, 0.05) is 32.2 Å². The molecule has 24 heavy (non-hydrogen) atoms. The summed E-state index contributed by atoms with van der Waals surface area (Å²) in [6.45, 7) is 2.43. The van der Waals surface area contributed by atoms with Crippen LogP contribution in [0.2, 0.25) is 0 Å². The molecular weight excluding hydrogens is 330 g/mol. The molecule has 0 fully saturated rings. The van der Waals surface area contributed by atoms with E-state index in [9.17, 15) is 13.2 Å². The summed E-state index contributed by atoms with van der Waals surface area (Å²) in [4.78, 5) is 12.3. The molecule has 0 aromatic heterocycles. The number of nitrogens with two attached hydrogens (primary N) is 1. The molecule has 8 heteroatoms. The molecule has 1 aliphatic rings. The van der Waals surface area contributed by atoms with E-state index in [0.717, 1.165) is 0 Å². The first-order valence-corrected chi connectivity index (χ1v) is 8.93. The van der Waals surface area contributed by atoms with Crippen LogP contribution in [-0.2, 0) is 26.0 Å². The van der Waals surface area contributed by atoms with E-state index < -0.39 is 16.1 Å². The molecule has 2 rings (SSSR count). The summed E-state index contributed by atoms with van der Waals surface area (Å²) in [5, 5.41) is 2.72. The normalized spacial score (nSPS) is 16.7. The van der Waals surface area contributed by atoms with Crippen LogP contribution in [0.25, 0.3) is 0 Å². The van der Waals surface area contributed by atoms with Gasteiger partial charge in [-0.3, -0.25) is 4.79 Å². The molecule has 1 atom stereocenters. The van der Waals surface area contributed by atoms with Crippen LogP contribution >= 0.6 is 0 Å². The fraction of sp³-hybridized carbons (Fsp3) is 0.375. The number of fused-ring (bicyclic) bond motifs is 1. The van der Waals surface area contributed by atoms with Gasteiger partial charge in [-0.25, -0.2) is 0 Å². The largest absolute Gasteiger partial charge is 0.371 e. The Balaban J connectivity index is 2.10. The number of nitrogens with one attached hydrogen (secondary N) is 1. The van der Waals surface area contributed by atoms with Crippen LogP contribution in [0.5, 0.6) is 0 Å². The fourth-order valence-electron chi connectivity index (χ4n) is 2.43. The third-order valence-electron chi connectivity index (χ3n) is 3.67. The van der Waals surface area contributed by atoms with Crippen LogP contribution in [0.15, 0.2) is 39.6 Å². The minimum absolute atomic E-state index is 0.179. The van der Waals surface area contributed by atoms with Crippen molar-refractivity contribution in [3.63, 3.8) is 0 Å². The lowest BCUT2D eigenvalue weighted by Gasteiger charge is -2.15. The SMILES string of the molecule is CO[C@@H](Cc1ccc2c(c1)S(=O)(=O)N=C2C)C(=O)NC/C=C/CN. The van der Waals surface area contributed by atoms with Crippen molar-refractivity contribution in [1.82, 2.24) is 5.32 Å². The molecule has 0 aliphatic carbocycles. The number of benzene rings is 1. The Labute approximate surface area is 141 Å². The van der Waals surface area contributed by atoms with Gasteiger partial charge in [0.15, 0.2) is 0 Å². The second-order valence-electron chi connectivity index (χ2n) is 5.36. The highest BCUT2D eigenvalue weighted by Gasteiger charge is 2.27. The van der Waals surface area contributed by atoms with Gasteiger partial charge in [0.25, 0.3) is 10.0 Å². The number of carbonyl (C=O) groups is 1. The van der Waals surface area contributed by atoms with E-state index in [1.54, 1.807) is 37.3 Å². The molecule has 1 aromatic carbocycles. The van der Waals surface area contributed by atoms with E-state index in [2.05, 4.69) is 9.71 Å². The van der Waals surface area contributed by atoms with Gasteiger partial charge >= 0.3 is 0 Å². The third kappa shape index (κ3) is 4.08. The molecule has 1 heterocycles. The van der Waals surface area contributed by atoms with E-state index >= 15 is 0 Å². The molecule has 0 spiro atoms. The minimum atomic E-state index is -3.63. The van der Waals surface area contributed by atoms with Crippen LogP contribution in [-0.4, -0.2) is 46.3 Å². The average molecular weight is 351 g/mol. The van der Waals surface area contributed by atoms with Gasteiger partial charge in [-0.2, -0.15) is 12.8 Å². The second-order valence-corrected chi connectivity index (χ2v) is 6.94. The third-order valence-corrected chi connectivity index (χ3v) is 5.07. The van der Waals surface area contributed by atoms with Gasteiger partial charge < -0.3 is 15.8 Å². The molecule has 0 saturated heterocycles. The van der Waals surface area contributed by atoms with Crippen molar-refractivity contribution in [2.45, 2.75) is 24.3 Å². The molecule has 0 unspecified atom stereocenters. The Hall–Kier alpha value is -2.03. The van der Waals surface area contributed by atoms with Crippen LogP contribution in [0, 0.1) is 0 Å².